The van der Waals surface area contributed by atoms with Crippen molar-refractivity contribution in [2.24, 2.45) is 5.92 Å². The van der Waals surface area contributed by atoms with Gasteiger partial charge >= 0.3 is 0 Å². The monoisotopic (exact) mass is 278 g/mol. The molecule has 1 unspecified atom stereocenters. The first kappa shape index (κ1) is 17.0. The summed E-state index contributed by atoms with van der Waals surface area (Å²) in [5, 5.41) is 3.54. The summed E-state index contributed by atoms with van der Waals surface area (Å²) in [6, 6.07) is 8.92. The lowest BCUT2D eigenvalue weighted by molar-refractivity contribution is 0.224. The third kappa shape index (κ3) is 5.93. The van der Waals surface area contributed by atoms with Crippen LogP contribution in [-0.4, -0.2) is 37.7 Å². The Morgan fingerprint density at radius 2 is 1.65 bits per heavy atom. The second-order valence-electron chi connectivity index (χ2n) is 6.22. The molecule has 0 saturated heterocycles. The van der Waals surface area contributed by atoms with Crippen LogP contribution in [0.4, 0.5) is 0 Å². The highest BCUT2D eigenvalue weighted by atomic mass is 16.5. The third-order valence-corrected chi connectivity index (χ3v) is 3.41. The molecule has 20 heavy (non-hydrogen) atoms. The molecule has 3 heteroatoms. The minimum atomic E-state index is 0.228. The Morgan fingerprint density at radius 3 is 2.10 bits per heavy atom. The van der Waals surface area contributed by atoms with Crippen molar-refractivity contribution < 1.29 is 4.74 Å². The number of benzene rings is 1. The van der Waals surface area contributed by atoms with E-state index < -0.39 is 0 Å². The molecule has 0 amide bonds. The average molecular weight is 278 g/mol. The van der Waals surface area contributed by atoms with Crippen LogP contribution in [0.2, 0.25) is 0 Å². The van der Waals surface area contributed by atoms with Crippen LogP contribution in [0, 0.1) is 5.92 Å². The fourth-order valence-corrected chi connectivity index (χ4v) is 2.34. The normalized spacial score (nSPS) is 13.2. The summed E-state index contributed by atoms with van der Waals surface area (Å²) >= 11 is 0. The Balaban J connectivity index is 2.42. The first-order chi connectivity index (χ1) is 9.40. The molecule has 1 atom stereocenters. The maximum Gasteiger partial charge on any atom is 0.119 e. The van der Waals surface area contributed by atoms with E-state index in [-0.39, 0.29) is 6.10 Å². The van der Waals surface area contributed by atoms with Crippen LogP contribution in [0.25, 0.3) is 0 Å². The van der Waals surface area contributed by atoms with Crippen molar-refractivity contribution >= 4 is 0 Å². The molecule has 0 heterocycles. The van der Waals surface area contributed by atoms with Gasteiger partial charge in [0.05, 0.1) is 6.10 Å². The summed E-state index contributed by atoms with van der Waals surface area (Å²) in [5.74, 6) is 1.59. The van der Waals surface area contributed by atoms with Crippen molar-refractivity contribution in [2.45, 2.75) is 46.4 Å². The van der Waals surface area contributed by atoms with E-state index in [4.69, 9.17) is 4.74 Å². The Hall–Kier alpha value is -1.06. The van der Waals surface area contributed by atoms with Crippen molar-refractivity contribution in [3.63, 3.8) is 0 Å². The first-order valence-corrected chi connectivity index (χ1v) is 7.53. The lowest BCUT2D eigenvalue weighted by Gasteiger charge is -2.28. The Bertz CT molecular complexity index is 363. The summed E-state index contributed by atoms with van der Waals surface area (Å²) in [5.41, 5.74) is 1.29. The van der Waals surface area contributed by atoms with E-state index in [9.17, 15) is 0 Å². The van der Waals surface area contributed by atoms with Gasteiger partial charge in [-0.25, -0.2) is 0 Å². The maximum absolute atomic E-state index is 5.65. The van der Waals surface area contributed by atoms with E-state index in [0.29, 0.717) is 12.0 Å². The van der Waals surface area contributed by atoms with Crippen molar-refractivity contribution in [3.8, 4) is 5.75 Å². The molecular formula is C17H30N2O. The average Bonchev–Trinajstić information content (AvgIpc) is 2.35. The van der Waals surface area contributed by atoms with Gasteiger partial charge in [0, 0.05) is 19.1 Å². The zero-order valence-electron chi connectivity index (χ0n) is 13.8. The van der Waals surface area contributed by atoms with Crippen LogP contribution < -0.4 is 10.1 Å². The molecule has 1 aromatic carbocycles. The zero-order valence-corrected chi connectivity index (χ0v) is 13.8. The minimum Gasteiger partial charge on any atom is -0.491 e. The third-order valence-electron chi connectivity index (χ3n) is 3.41. The lowest BCUT2D eigenvalue weighted by Crippen LogP contribution is -2.41. The van der Waals surface area contributed by atoms with Crippen molar-refractivity contribution in [1.82, 2.24) is 10.2 Å². The van der Waals surface area contributed by atoms with Crippen molar-refractivity contribution in [2.75, 3.05) is 20.6 Å². The molecule has 114 valence electrons. The first-order valence-electron chi connectivity index (χ1n) is 7.53. The summed E-state index contributed by atoms with van der Waals surface area (Å²) in [6.45, 7) is 10.5. The van der Waals surface area contributed by atoms with E-state index in [1.165, 1.54) is 5.56 Å². The molecule has 1 aromatic rings. The summed E-state index contributed by atoms with van der Waals surface area (Å²) < 4.78 is 5.65. The molecule has 0 spiro atoms. The van der Waals surface area contributed by atoms with Gasteiger partial charge in [0.25, 0.3) is 0 Å². The summed E-state index contributed by atoms with van der Waals surface area (Å²) in [4.78, 5) is 2.29. The highest BCUT2D eigenvalue weighted by Crippen LogP contribution is 2.14. The molecule has 0 aliphatic rings. The quantitative estimate of drug-likeness (QED) is 0.790. The molecule has 0 aliphatic carbocycles. The highest BCUT2D eigenvalue weighted by molar-refractivity contribution is 5.27. The Morgan fingerprint density at radius 1 is 1.05 bits per heavy atom. The molecule has 3 nitrogen and oxygen atoms in total. The van der Waals surface area contributed by atoms with Crippen LogP contribution in [0.3, 0.4) is 0 Å². The SMILES string of the molecule is CC(C)Oc1ccc(CNCC(C(C)C)N(C)C)cc1. The Kier molecular flexibility index (Phi) is 7.03. The molecule has 0 fully saturated rings. The minimum absolute atomic E-state index is 0.228. The topological polar surface area (TPSA) is 24.5 Å². The van der Waals surface area contributed by atoms with Crippen LogP contribution in [0.5, 0.6) is 5.75 Å². The fraction of sp³-hybridized carbons (Fsp3) is 0.647. The molecule has 0 aliphatic heterocycles. The van der Waals surface area contributed by atoms with Gasteiger partial charge in [-0.3, -0.25) is 0 Å². The summed E-state index contributed by atoms with van der Waals surface area (Å²) in [7, 11) is 4.29. The van der Waals surface area contributed by atoms with Gasteiger partial charge < -0.3 is 15.0 Å². The molecule has 0 radical (unpaired) electrons. The number of likely N-dealkylation sites (N-methyl/N-ethyl adjacent to an activating group) is 1. The van der Waals surface area contributed by atoms with Crippen LogP contribution in [0.15, 0.2) is 24.3 Å². The molecular weight excluding hydrogens is 248 g/mol. The van der Waals surface area contributed by atoms with E-state index >= 15 is 0 Å². The van der Waals surface area contributed by atoms with Gasteiger partial charge in [-0.15, -0.1) is 0 Å². The second-order valence-corrected chi connectivity index (χ2v) is 6.22. The number of nitrogens with one attached hydrogen (secondary N) is 1. The van der Waals surface area contributed by atoms with Crippen LogP contribution in [-0.2, 0) is 6.54 Å². The van der Waals surface area contributed by atoms with Gasteiger partial charge in [-0.05, 0) is 51.6 Å². The molecule has 1 N–H and O–H groups in total. The van der Waals surface area contributed by atoms with Crippen LogP contribution >= 0.6 is 0 Å². The number of ether oxygens (including phenoxy) is 1. The van der Waals surface area contributed by atoms with Gasteiger partial charge in [-0.1, -0.05) is 26.0 Å². The fourth-order valence-electron chi connectivity index (χ4n) is 2.34. The van der Waals surface area contributed by atoms with E-state index in [2.05, 4.69) is 50.3 Å². The van der Waals surface area contributed by atoms with E-state index in [1.54, 1.807) is 0 Å². The second kappa shape index (κ2) is 8.28. The highest BCUT2D eigenvalue weighted by Gasteiger charge is 2.14. The van der Waals surface area contributed by atoms with Crippen molar-refractivity contribution in [3.05, 3.63) is 29.8 Å². The van der Waals surface area contributed by atoms with Gasteiger partial charge in [0.2, 0.25) is 0 Å². The largest absolute Gasteiger partial charge is 0.491 e. The standard InChI is InChI=1S/C17H30N2O/c1-13(2)17(19(5)6)12-18-11-15-7-9-16(10-8-15)20-14(3)4/h7-10,13-14,17-18H,11-12H2,1-6H3. The molecule has 1 rings (SSSR count). The summed E-state index contributed by atoms with van der Waals surface area (Å²) in [6.07, 6.45) is 0.228. The van der Waals surface area contributed by atoms with Gasteiger partial charge in [0.15, 0.2) is 0 Å². The number of hydrogen-bond donors (Lipinski definition) is 1. The van der Waals surface area contributed by atoms with Gasteiger partial charge in [-0.2, -0.15) is 0 Å². The van der Waals surface area contributed by atoms with Gasteiger partial charge in [0.1, 0.15) is 5.75 Å². The number of nitrogens with zero attached hydrogens (tertiary/aromatic N) is 1. The zero-order chi connectivity index (χ0) is 15.1. The molecule has 0 saturated carbocycles. The molecule has 0 aromatic heterocycles. The smallest absolute Gasteiger partial charge is 0.119 e. The van der Waals surface area contributed by atoms with Crippen LogP contribution in [0.1, 0.15) is 33.3 Å². The van der Waals surface area contributed by atoms with E-state index in [1.807, 2.05) is 26.0 Å². The number of rotatable bonds is 8. The lowest BCUT2D eigenvalue weighted by atomic mass is 10.0. The van der Waals surface area contributed by atoms with E-state index in [0.717, 1.165) is 18.8 Å². The number of hydrogen-bond acceptors (Lipinski definition) is 3. The molecule has 0 bridgehead atoms. The van der Waals surface area contributed by atoms with Crippen molar-refractivity contribution in [1.29, 1.82) is 0 Å². The predicted molar refractivity (Wildman–Crippen MR) is 86.2 cm³/mol. The Labute approximate surface area is 124 Å². The predicted octanol–water partition coefficient (Wildman–Crippen LogP) is 3.15. The maximum atomic E-state index is 5.65.